The van der Waals surface area contributed by atoms with Gasteiger partial charge in [-0.3, -0.25) is 19.9 Å². The number of alkyl halides is 3. The van der Waals surface area contributed by atoms with Gasteiger partial charge in [-0.25, -0.2) is 0 Å². The second kappa shape index (κ2) is 5.30. The molecule has 3 fully saturated rings. The van der Waals surface area contributed by atoms with E-state index in [1.54, 1.807) is 6.07 Å². The summed E-state index contributed by atoms with van der Waals surface area (Å²) in [5.74, 6) is -5.09. The fraction of sp³-hybridized carbons (Fsp3) is 0.533. The lowest BCUT2D eigenvalue weighted by atomic mass is 9.57. The quantitative estimate of drug-likeness (QED) is 0.676. The highest BCUT2D eigenvalue weighted by Gasteiger charge is 2.69. The van der Waals surface area contributed by atoms with Gasteiger partial charge in [0.05, 0.1) is 18.9 Å². The molecule has 3 heterocycles. The number of rotatable bonds is 3. The van der Waals surface area contributed by atoms with Crippen molar-refractivity contribution in [2.24, 2.45) is 11.8 Å². The van der Waals surface area contributed by atoms with Gasteiger partial charge in [0.1, 0.15) is 11.2 Å². The van der Waals surface area contributed by atoms with Crippen LogP contribution >= 0.6 is 0 Å². The fourth-order valence-corrected chi connectivity index (χ4v) is 3.73. The van der Waals surface area contributed by atoms with Crippen LogP contribution in [-0.4, -0.2) is 41.6 Å². The molecule has 0 amide bonds. The number of ether oxygens (including phenoxy) is 1. The van der Waals surface area contributed by atoms with Crippen LogP contribution in [0.3, 0.4) is 0 Å². The summed E-state index contributed by atoms with van der Waals surface area (Å²) in [7, 11) is 1.10. The van der Waals surface area contributed by atoms with Gasteiger partial charge in [0.15, 0.2) is 5.78 Å². The highest BCUT2D eigenvalue weighted by atomic mass is 19.4. The molecule has 1 N–H and O–H groups in total. The number of piperidine rings is 1. The number of nitrogens with zero attached hydrogens (tertiary/aromatic N) is 1. The first kappa shape index (κ1) is 15.9. The Kier molecular flexibility index (Phi) is 3.66. The minimum Gasteiger partial charge on any atom is -0.468 e. The summed E-state index contributed by atoms with van der Waals surface area (Å²) in [4.78, 5) is 28.7. The maximum atomic E-state index is 13.4. The fourth-order valence-electron chi connectivity index (χ4n) is 3.73. The molecule has 1 aromatic rings. The van der Waals surface area contributed by atoms with Crippen molar-refractivity contribution in [3.8, 4) is 0 Å². The number of pyridine rings is 1. The number of esters is 1. The lowest BCUT2D eigenvalue weighted by Crippen LogP contribution is -2.79. The van der Waals surface area contributed by atoms with E-state index in [4.69, 9.17) is 0 Å². The molecule has 2 aliphatic heterocycles. The Morgan fingerprint density at radius 2 is 2.09 bits per heavy atom. The molecule has 23 heavy (non-hydrogen) atoms. The van der Waals surface area contributed by atoms with Crippen LogP contribution in [0.1, 0.15) is 23.3 Å². The van der Waals surface area contributed by atoms with E-state index < -0.39 is 41.3 Å². The number of fused-ring (bicyclic) bond motifs is 2. The molecule has 5 nitrogen and oxygen atoms in total. The van der Waals surface area contributed by atoms with Crippen molar-refractivity contribution in [2.45, 2.75) is 30.6 Å². The molecule has 8 heteroatoms. The Bertz CT molecular complexity index is 627. The van der Waals surface area contributed by atoms with Gasteiger partial charge in [0, 0.05) is 12.2 Å². The Hall–Kier alpha value is -1.96. The average molecular weight is 328 g/mol. The number of carbonyl (C=O) groups is 2. The number of halogens is 3. The Morgan fingerprint density at radius 3 is 2.61 bits per heavy atom. The van der Waals surface area contributed by atoms with E-state index >= 15 is 0 Å². The maximum Gasteiger partial charge on any atom is 0.392 e. The SMILES string of the molecule is COC(=O)C12CC(CC(C(F)(F)F)C1C(=O)c1ccccn1)N2. The first-order chi connectivity index (χ1) is 10.8. The van der Waals surface area contributed by atoms with E-state index in [9.17, 15) is 22.8 Å². The molecule has 124 valence electrons. The normalized spacial score (nSPS) is 32.8. The van der Waals surface area contributed by atoms with Crippen molar-refractivity contribution in [2.75, 3.05) is 7.11 Å². The number of aromatic nitrogens is 1. The summed E-state index contributed by atoms with van der Waals surface area (Å²) in [5, 5.41) is 2.82. The van der Waals surface area contributed by atoms with Gasteiger partial charge in [0.2, 0.25) is 0 Å². The van der Waals surface area contributed by atoms with Gasteiger partial charge >= 0.3 is 12.1 Å². The van der Waals surface area contributed by atoms with Gasteiger partial charge in [-0.2, -0.15) is 13.2 Å². The van der Waals surface area contributed by atoms with Crippen molar-refractivity contribution in [1.29, 1.82) is 0 Å². The lowest BCUT2D eigenvalue weighted by molar-refractivity contribution is -0.222. The van der Waals surface area contributed by atoms with Crippen molar-refractivity contribution >= 4 is 11.8 Å². The topological polar surface area (TPSA) is 68.3 Å². The summed E-state index contributed by atoms with van der Waals surface area (Å²) in [6, 6.07) is 4.00. The summed E-state index contributed by atoms with van der Waals surface area (Å²) in [6.45, 7) is 0. The third-order valence-corrected chi connectivity index (χ3v) is 4.67. The molecule has 1 aliphatic carbocycles. The van der Waals surface area contributed by atoms with E-state index in [0.29, 0.717) is 0 Å². The van der Waals surface area contributed by atoms with Crippen LogP contribution in [0.25, 0.3) is 0 Å². The predicted molar refractivity (Wildman–Crippen MR) is 72.5 cm³/mol. The maximum absolute atomic E-state index is 13.4. The minimum absolute atomic E-state index is 0.0813. The summed E-state index contributed by atoms with van der Waals surface area (Å²) >= 11 is 0. The number of hydrogen-bond acceptors (Lipinski definition) is 5. The smallest absolute Gasteiger partial charge is 0.392 e. The second-order valence-electron chi connectivity index (χ2n) is 5.95. The summed E-state index contributed by atoms with van der Waals surface area (Å²) in [5.41, 5.74) is -1.70. The van der Waals surface area contributed by atoms with Gasteiger partial charge in [0.25, 0.3) is 0 Å². The molecule has 0 radical (unpaired) electrons. The molecule has 3 aliphatic rings. The summed E-state index contributed by atoms with van der Waals surface area (Å²) in [6.07, 6.45) is -3.31. The zero-order valence-electron chi connectivity index (χ0n) is 12.3. The van der Waals surface area contributed by atoms with Crippen LogP contribution in [0.15, 0.2) is 24.4 Å². The van der Waals surface area contributed by atoms with Gasteiger partial charge in [-0.15, -0.1) is 0 Å². The van der Waals surface area contributed by atoms with Crippen molar-refractivity contribution in [3.05, 3.63) is 30.1 Å². The van der Waals surface area contributed by atoms with Crippen molar-refractivity contribution in [3.63, 3.8) is 0 Å². The van der Waals surface area contributed by atoms with Crippen LogP contribution in [0.5, 0.6) is 0 Å². The Morgan fingerprint density at radius 1 is 1.39 bits per heavy atom. The molecule has 2 bridgehead atoms. The first-order valence-electron chi connectivity index (χ1n) is 7.17. The van der Waals surface area contributed by atoms with Crippen LogP contribution in [0.2, 0.25) is 0 Å². The molecule has 4 unspecified atom stereocenters. The Labute approximate surface area is 130 Å². The van der Waals surface area contributed by atoms with Gasteiger partial charge in [-0.05, 0) is 25.0 Å². The molecule has 1 saturated carbocycles. The molecule has 4 atom stereocenters. The van der Waals surface area contributed by atoms with Crippen molar-refractivity contribution < 1.29 is 27.5 Å². The van der Waals surface area contributed by atoms with E-state index in [1.165, 1.54) is 18.3 Å². The standard InChI is InChI=1S/C15H15F3N2O3/c1-23-13(22)14-7-8(20-14)6-9(15(16,17)18)11(14)12(21)10-4-2-3-5-19-10/h2-5,8-9,11,20H,6-7H2,1H3. The van der Waals surface area contributed by atoms with Crippen LogP contribution in [0.4, 0.5) is 13.2 Å². The largest absolute Gasteiger partial charge is 0.468 e. The van der Waals surface area contributed by atoms with Crippen LogP contribution in [0, 0.1) is 11.8 Å². The minimum atomic E-state index is -4.57. The van der Waals surface area contributed by atoms with Gasteiger partial charge < -0.3 is 4.74 Å². The molecule has 1 aromatic heterocycles. The first-order valence-corrected chi connectivity index (χ1v) is 7.17. The third kappa shape index (κ3) is 2.41. The Balaban J connectivity index is 2.05. The molecule has 4 rings (SSSR count). The number of nitrogens with one attached hydrogen (secondary N) is 1. The van der Waals surface area contributed by atoms with Crippen LogP contribution in [-0.2, 0) is 9.53 Å². The van der Waals surface area contributed by atoms with Gasteiger partial charge in [-0.1, -0.05) is 6.07 Å². The molecular formula is C15H15F3N2O3. The number of Topliss-reactive ketones (excluding diaryl/α,β-unsaturated/α-hetero) is 1. The highest BCUT2D eigenvalue weighted by molar-refractivity contribution is 6.02. The zero-order chi connectivity index (χ0) is 16.8. The number of hydrogen-bond donors (Lipinski definition) is 1. The average Bonchev–Trinajstić information content (AvgIpc) is 2.51. The van der Waals surface area contributed by atoms with Crippen LogP contribution < -0.4 is 5.32 Å². The highest BCUT2D eigenvalue weighted by Crippen LogP contribution is 2.52. The molecule has 0 spiro atoms. The van der Waals surface area contributed by atoms with Crippen molar-refractivity contribution in [1.82, 2.24) is 10.3 Å². The van der Waals surface area contributed by atoms with E-state index in [2.05, 4.69) is 15.0 Å². The zero-order valence-corrected chi connectivity index (χ0v) is 12.3. The molecular weight excluding hydrogens is 313 g/mol. The molecule has 0 aromatic carbocycles. The van der Waals surface area contributed by atoms with E-state index in [1.807, 2.05) is 0 Å². The monoisotopic (exact) mass is 328 g/mol. The predicted octanol–water partition coefficient (Wildman–Crippen LogP) is 1.74. The summed E-state index contributed by atoms with van der Waals surface area (Å²) < 4.78 is 45.0. The lowest BCUT2D eigenvalue weighted by Gasteiger charge is -2.58. The number of carbonyl (C=O) groups excluding carboxylic acids is 2. The second-order valence-corrected chi connectivity index (χ2v) is 5.95. The third-order valence-electron chi connectivity index (χ3n) is 4.67. The van der Waals surface area contributed by atoms with E-state index in [0.717, 1.165) is 7.11 Å². The molecule has 2 saturated heterocycles. The van der Waals surface area contributed by atoms with E-state index in [-0.39, 0.29) is 18.5 Å². The number of ketones is 1. The number of methoxy groups -OCH3 is 1.